The Labute approximate surface area is 126 Å². The molecule has 0 atom stereocenters. The summed E-state index contributed by atoms with van der Waals surface area (Å²) in [5.41, 5.74) is 5.04. The summed E-state index contributed by atoms with van der Waals surface area (Å²) in [5, 5.41) is 0. The molecule has 5 heteroatoms. The van der Waals surface area contributed by atoms with Gasteiger partial charge in [-0.3, -0.25) is 9.59 Å². The van der Waals surface area contributed by atoms with Crippen molar-refractivity contribution in [3.8, 4) is 0 Å². The number of fused-ring (bicyclic) bond motifs is 2. The van der Waals surface area contributed by atoms with E-state index in [-0.39, 0.29) is 11.8 Å². The number of aromatic amines is 1. The first-order chi connectivity index (χ1) is 10.6. The summed E-state index contributed by atoms with van der Waals surface area (Å²) in [7, 11) is 0. The first kappa shape index (κ1) is 12.8. The standard InChI is InChI=1S/C17H13N3O2/c1-9-10(2)15-13(18-8-19-15)7-14(9)20-16(21)11-5-3-4-6-12(11)17(20)22/h3-8H,1-2H3,(H,18,19). The van der Waals surface area contributed by atoms with Crippen molar-refractivity contribution < 1.29 is 9.59 Å². The Morgan fingerprint density at radius 3 is 2.27 bits per heavy atom. The van der Waals surface area contributed by atoms with Gasteiger partial charge in [-0.25, -0.2) is 9.88 Å². The molecule has 1 N–H and O–H groups in total. The molecular weight excluding hydrogens is 278 g/mol. The molecule has 2 heterocycles. The second-order valence-electron chi connectivity index (χ2n) is 5.44. The monoisotopic (exact) mass is 291 g/mol. The third kappa shape index (κ3) is 1.50. The van der Waals surface area contributed by atoms with Gasteiger partial charge < -0.3 is 4.98 Å². The number of carbonyl (C=O) groups is 2. The molecule has 2 aromatic carbocycles. The molecule has 1 aliphatic heterocycles. The molecule has 0 saturated heterocycles. The third-order valence-electron chi connectivity index (χ3n) is 4.29. The van der Waals surface area contributed by atoms with E-state index in [9.17, 15) is 9.59 Å². The van der Waals surface area contributed by atoms with Crippen LogP contribution < -0.4 is 4.90 Å². The lowest BCUT2D eigenvalue weighted by atomic mass is 10.1. The molecule has 1 aliphatic rings. The largest absolute Gasteiger partial charge is 0.345 e. The van der Waals surface area contributed by atoms with Gasteiger partial charge in [0.1, 0.15) is 0 Å². The molecule has 0 saturated carbocycles. The van der Waals surface area contributed by atoms with Crippen molar-refractivity contribution in [1.82, 2.24) is 9.97 Å². The fourth-order valence-electron chi connectivity index (χ4n) is 2.97. The van der Waals surface area contributed by atoms with Gasteiger partial charge in [0.25, 0.3) is 11.8 Å². The number of anilines is 1. The third-order valence-corrected chi connectivity index (χ3v) is 4.29. The van der Waals surface area contributed by atoms with E-state index in [0.717, 1.165) is 22.2 Å². The highest BCUT2D eigenvalue weighted by molar-refractivity contribution is 6.34. The van der Waals surface area contributed by atoms with E-state index in [2.05, 4.69) is 9.97 Å². The number of hydrogen-bond donors (Lipinski definition) is 1. The van der Waals surface area contributed by atoms with E-state index < -0.39 is 0 Å². The molecule has 0 spiro atoms. The molecule has 2 amide bonds. The van der Waals surface area contributed by atoms with Crippen molar-refractivity contribution in [1.29, 1.82) is 0 Å². The van der Waals surface area contributed by atoms with Crippen molar-refractivity contribution in [2.75, 3.05) is 4.90 Å². The number of nitrogens with zero attached hydrogens (tertiary/aromatic N) is 2. The Bertz CT molecular complexity index is 921. The van der Waals surface area contributed by atoms with Crippen molar-refractivity contribution >= 4 is 28.5 Å². The lowest BCUT2D eigenvalue weighted by Gasteiger charge is -2.18. The number of rotatable bonds is 1. The molecule has 3 aromatic rings. The maximum absolute atomic E-state index is 12.6. The Balaban J connectivity index is 1.96. The highest BCUT2D eigenvalue weighted by atomic mass is 16.2. The molecule has 4 rings (SSSR count). The second-order valence-corrected chi connectivity index (χ2v) is 5.44. The highest BCUT2D eigenvalue weighted by Gasteiger charge is 2.37. The van der Waals surface area contributed by atoms with Gasteiger partial charge in [-0.2, -0.15) is 0 Å². The van der Waals surface area contributed by atoms with Crippen LogP contribution in [-0.2, 0) is 0 Å². The van der Waals surface area contributed by atoms with Gasteiger partial charge in [0, 0.05) is 0 Å². The van der Waals surface area contributed by atoms with Gasteiger partial charge >= 0.3 is 0 Å². The summed E-state index contributed by atoms with van der Waals surface area (Å²) >= 11 is 0. The van der Waals surface area contributed by atoms with E-state index in [1.165, 1.54) is 4.90 Å². The Hall–Kier alpha value is -2.95. The number of imide groups is 1. The molecule has 0 fully saturated rings. The summed E-state index contributed by atoms with van der Waals surface area (Å²) in [6, 6.07) is 8.72. The number of carbonyl (C=O) groups excluding carboxylic acids is 2. The SMILES string of the molecule is Cc1c(N2C(=O)c3ccccc3C2=O)cc2[nH]cnc2c1C. The highest BCUT2D eigenvalue weighted by Crippen LogP contribution is 2.34. The van der Waals surface area contributed by atoms with Crippen LogP contribution in [0.3, 0.4) is 0 Å². The Morgan fingerprint density at radius 2 is 1.64 bits per heavy atom. The zero-order valence-electron chi connectivity index (χ0n) is 12.2. The van der Waals surface area contributed by atoms with Gasteiger partial charge in [0.2, 0.25) is 0 Å². The van der Waals surface area contributed by atoms with E-state index in [4.69, 9.17) is 0 Å². The summed E-state index contributed by atoms with van der Waals surface area (Å²) in [6.07, 6.45) is 1.61. The number of nitrogens with one attached hydrogen (secondary N) is 1. The smallest absolute Gasteiger partial charge is 0.266 e. The molecule has 0 unspecified atom stereocenters. The lowest BCUT2D eigenvalue weighted by Crippen LogP contribution is -2.30. The topological polar surface area (TPSA) is 66.1 Å². The van der Waals surface area contributed by atoms with Crippen molar-refractivity contribution in [3.63, 3.8) is 0 Å². The molecule has 22 heavy (non-hydrogen) atoms. The van der Waals surface area contributed by atoms with Crippen molar-refractivity contribution in [3.05, 3.63) is 58.9 Å². The molecule has 1 aromatic heterocycles. The Morgan fingerprint density at radius 1 is 1.00 bits per heavy atom. The first-order valence-corrected chi connectivity index (χ1v) is 7.00. The first-order valence-electron chi connectivity index (χ1n) is 7.00. The second kappa shape index (κ2) is 4.27. The summed E-state index contributed by atoms with van der Waals surface area (Å²) in [6.45, 7) is 3.85. The fraction of sp³-hybridized carbons (Fsp3) is 0.118. The van der Waals surface area contributed by atoms with Crippen LogP contribution in [0, 0.1) is 13.8 Å². The predicted molar refractivity (Wildman–Crippen MR) is 83.1 cm³/mol. The molecule has 108 valence electrons. The minimum absolute atomic E-state index is 0.276. The lowest BCUT2D eigenvalue weighted by molar-refractivity contribution is 0.0926. The number of amides is 2. The zero-order valence-corrected chi connectivity index (χ0v) is 12.2. The van der Waals surface area contributed by atoms with Crippen molar-refractivity contribution in [2.24, 2.45) is 0 Å². The number of aryl methyl sites for hydroxylation is 1. The van der Waals surface area contributed by atoms with E-state index in [1.807, 2.05) is 19.9 Å². The minimum atomic E-state index is -0.276. The van der Waals surface area contributed by atoms with Crippen LogP contribution in [-0.4, -0.2) is 21.8 Å². The van der Waals surface area contributed by atoms with Crippen LogP contribution >= 0.6 is 0 Å². The van der Waals surface area contributed by atoms with Crippen LogP contribution in [0.4, 0.5) is 5.69 Å². The van der Waals surface area contributed by atoms with Gasteiger partial charge in [0.05, 0.1) is 34.2 Å². The van der Waals surface area contributed by atoms with E-state index >= 15 is 0 Å². The molecule has 0 aliphatic carbocycles. The average molecular weight is 291 g/mol. The minimum Gasteiger partial charge on any atom is -0.345 e. The van der Waals surface area contributed by atoms with Gasteiger partial charge in [-0.05, 0) is 43.2 Å². The number of benzene rings is 2. The van der Waals surface area contributed by atoms with E-state index in [0.29, 0.717) is 16.8 Å². The molecule has 5 nitrogen and oxygen atoms in total. The number of aromatic nitrogens is 2. The zero-order chi connectivity index (χ0) is 15.4. The molecular formula is C17H13N3O2. The average Bonchev–Trinajstić information content (AvgIpc) is 3.08. The number of imidazole rings is 1. The predicted octanol–water partition coefficient (Wildman–Crippen LogP) is 2.98. The van der Waals surface area contributed by atoms with Crippen molar-refractivity contribution in [2.45, 2.75) is 13.8 Å². The van der Waals surface area contributed by atoms with E-state index in [1.54, 1.807) is 30.6 Å². The van der Waals surface area contributed by atoms with Crippen LogP contribution in [0.1, 0.15) is 31.8 Å². The molecule has 0 bridgehead atoms. The number of H-pyrrole nitrogens is 1. The quantitative estimate of drug-likeness (QED) is 0.701. The van der Waals surface area contributed by atoms with Crippen LogP contribution in [0.25, 0.3) is 11.0 Å². The van der Waals surface area contributed by atoms with Gasteiger partial charge in [-0.15, -0.1) is 0 Å². The van der Waals surface area contributed by atoms with Crippen LogP contribution in [0.5, 0.6) is 0 Å². The summed E-state index contributed by atoms with van der Waals surface area (Å²) in [5.74, 6) is -0.552. The fourth-order valence-corrected chi connectivity index (χ4v) is 2.97. The summed E-state index contributed by atoms with van der Waals surface area (Å²) in [4.78, 5) is 33.8. The normalized spacial score (nSPS) is 14.0. The molecule has 0 radical (unpaired) electrons. The van der Waals surface area contributed by atoms with Gasteiger partial charge in [-0.1, -0.05) is 12.1 Å². The maximum Gasteiger partial charge on any atom is 0.266 e. The van der Waals surface area contributed by atoms with Gasteiger partial charge in [0.15, 0.2) is 0 Å². The van der Waals surface area contributed by atoms with Crippen LogP contribution in [0.15, 0.2) is 36.7 Å². The maximum atomic E-state index is 12.6. The Kier molecular flexibility index (Phi) is 2.48. The number of hydrogen-bond acceptors (Lipinski definition) is 3. The van der Waals surface area contributed by atoms with Crippen LogP contribution in [0.2, 0.25) is 0 Å². The summed E-state index contributed by atoms with van der Waals surface area (Å²) < 4.78 is 0.